The summed E-state index contributed by atoms with van der Waals surface area (Å²) in [5, 5.41) is 3.48. The molecule has 1 heterocycles. The number of nitrogens with one attached hydrogen (secondary N) is 1. The maximum absolute atomic E-state index is 3.48. The van der Waals surface area contributed by atoms with Crippen LogP contribution in [0.3, 0.4) is 0 Å². The van der Waals surface area contributed by atoms with Crippen molar-refractivity contribution in [2.75, 3.05) is 40.8 Å². The third-order valence-corrected chi connectivity index (χ3v) is 4.34. The summed E-state index contributed by atoms with van der Waals surface area (Å²) in [5.74, 6) is 0. The Hall–Kier alpha value is -0.120. The van der Waals surface area contributed by atoms with Crippen molar-refractivity contribution in [3.63, 3.8) is 0 Å². The van der Waals surface area contributed by atoms with Gasteiger partial charge in [-0.15, -0.1) is 0 Å². The van der Waals surface area contributed by atoms with Crippen LogP contribution in [0.5, 0.6) is 0 Å². The molecule has 1 N–H and O–H groups in total. The highest BCUT2D eigenvalue weighted by molar-refractivity contribution is 4.83. The minimum absolute atomic E-state index is 0.353. The second kappa shape index (κ2) is 6.88. The summed E-state index contributed by atoms with van der Waals surface area (Å²) in [5.41, 5.74) is 0.353. The summed E-state index contributed by atoms with van der Waals surface area (Å²) in [6.45, 7) is 10.7. The molecule has 108 valence electrons. The summed E-state index contributed by atoms with van der Waals surface area (Å²) < 4.78 is 0. The van der Waals surface area contributed by atoms with Gasteiger partial charge in [0.1, 0.15) is 0 Å². The Balaban J connectivity index is 2.38. The van der Waals surface area contributed by atoms with Gasteiger partial charge in [0, 0.05) is 18.6 Å². The number of likely N-dealkylation sites (N-methyl/N-ethyl adjacent to an activating group) is 1. The van der Waals surface area contributed by atoms with Crippen molar-refractivity contribution in [1.82, 2.24) is 15.1 Å². The zero-order chi connectivity index (χ0) is 13.8. The molecule has 0 aliphatic carbocycles. The van der Waals surface area contributed by atoms with Crippen molar-refractivity contribution in [3.05, 3.63) is 0 Å². The van der Waals surface area contributed by atoms with Crippen molar-refractivity contribution in [1.29, 1.82) is 0 Å². The van der Waals surface area contributed by atoms with E-state index in [4.69, 9.17) is 0 Å². The van der Waals surface area contributed by atoms with E-state index >= 15 is 0 Å². The lowest BCUT2D eigenvalue weighted by molar-refractivity contribution is 0.122. The predicted molar refractivity (Wildman–Crippen MR) is 80.1 cm³/mol. The molecule has 0 amide bonds. The smallest absolute Gasteiger partial charge is 0.0217 e. The number of hydrogen-bond donors (Lipinski definition) is 1. The number of nitrogens with zero attached hydrogens (tertiary/aromatic N) is 2. The van der Waals surface area contributed by atoms with E-state index in [9.17, 15) is 0 Å². The summed E-state index contributed by atoms with van der Waals surface area (Å²) in [7, 11) is 6.51. The molecule has 1 rings (SSSR count). The van der Waals surface area contributed by atoms with Crippen LogP contribution in [0.4, 0.5) is 0 Å². The van der Waals surface area contributed by atoms with Gasteiger partial charge in [-0.2, -0.15) is 0 Å². The third-order valence-electron chi connectivity index (χ3n) is 4.34. The monoisotopic (exact) mass is 255 g/mol. The van der Waals surface area contributed by atoms with E-state index in [1.807, 2.05) is 0 Å². The van der Waals surface area contributed by atoms with E-state index in [0.717, 1.165) is 6.04 Å². The first-order chi connectivity index (χ1) is 8.34. The van der Waals surface area contributed by atoms with Gasteiger partial charge < -0.3 is 15.1 Å². The van der Waals surface area contributed by atoms with Crippen molar-refractivity contribution in [3.8, 4) is 0 Å². The number of piperidine rings is 1. The Morgan fingerprint density at radius 1 is 1.33 bits per heavy atom. The number of rotatable bonds is 5. The molecule has 3 heteroatoms. The normalized spacial score (nSPS) is 24.5. The molecular weight excluding hydrogens is 222 g/mol. The first-order valence-corrected chi connectivity index (χ1v) is 7.40. The first-order valence-electron chi connectivity index (χ1n) is 7.40. The Morgan fingerprint density at radius 2 is 2.00 bits per heavy atom. The molecule has 2 unspecified atom stereocenters. The third kappa shape index (κ3) is 4.87. The summed E-state index contributed by atoms with van der Waals surface area (Å²) >= 11 is 0. The molecule has 0 aromatic carbocycles. The van der Waals surface area contributed by atoms with Crippen molar-refractivity contribution < 1.29 is 0 Å². The quantitative estimate of drug-likeness (QED) is 0.811. The van der Waals surface area contributed by atoms with Gasteiger partial charge in [-0.1, -0.05) is 20.8 Å². The van der Waals surface area contributed by atoms with E-state index in [2.05, 4.69) is 57.0 Å². The van der Waals surface area contributed by atoms with Crippen LogP contribution in [-0.4, -0.2) is 62.7 Å². The van der Waals surface area contributed by atoms with Gasteiger partial charge in [-0.25, -0.2) is 0 Å². The molecule has 1 fully saturated rings. The van der Waals surface area contributed by atoms with Gasteiger partial charge in [0.2, 0.25) is 0 Å². The maximum atomic E-state index is 3.48. The van der Waals surface area contributed by atoms with Gasteiger partial charge in [-0.3, -0.25) is 0 Å². The SMILES string of the molecule is CNC(CCN1CCCC(N(C)C)C1)C(C)(C)C. The largest absolute Gasteiger partial charge is 0.316 e. The van der Waals surface area contributed by atoms with Gasteiger partial charge in [0.15, 0.2) is 0 Å². The topological polar surface area (TPSA) is 18.5 Å². The van der Waals surface area contributed by atoms with Crippen LogP contribution < -0.4 is 5.32 Å². The number of likely N-dealkylation sites (tertiary alicyclic amines) is 1. The molecule has 0 radical (unpaired) electrons. The molecule has 0 spiro atoms. The zero-order valence-electron chi connectivity index (χ0n) is 13.3. The Bertz CT molecular complexity index is 232. The molecule has 0 aromatic heterocycles. The van der Waals surface area contributed by atoms with E-state index in [-0.39, 0.29) is 0 Å². The van der Waals surface area contributed by atoms with Crippen LogP contribution in [0.15, 0.2) is 0 Å². The minimum Gasteiger partial charge on any atom is -0.316 e. The molecule has 2 atom stereocenters. The van der Waals surface area contributed by atoms with Crippen LogP contribution in [0.2, 0.25) is 0 Å². The fourth-order valence-electron chi connectivity index (χ4n) is 2.98. The molecule has 1 aliphatic heterocycles. The van der Waals surface area contributed by atoms with Crippen LogP contribution in [0.25, 0.3) is 0 Å². The highest BCUT2D eigenvalue weighted by Gasteiger charge is 2.25. The standard InChI is InChI=1S/C15H33N3/c1-15(2,3)14(16-4)9-11-18-10-7-8-13(12-18)17(5)6/h13-14,16H,7-12H2,1-6H3. The van der Waals surface area contributed by atoms with Crippen molar-refractivity contribution in [2.24, 2.45) is 5.41 Å². The van der Waals surface area contributed by atoms with Crippen LogP contribution in [0.1, 0.15) is 40.0 Å². The fourth-order valence-corrected chi connectivity index (χ4v) is 2.98. The minimum atomic E-state index is 0.353. The molecule has 0 bridgehead atoms. The lowest BCUT2D eigenvalue weighted by Gasteiger charge is -2.38. The second-order valence-corrected chi connectivity index (χ2v) is 7.06. The fraction of sp³-hybridized carbons (Fsp3) is 1.00. The van der Waals surface area contributed by atoms with E-state index in [0.29, 0.717) is 11.5 Å². The van der Waals surface area contributed by atoms with Gasteiger partial charge in [0.25, 0.3) is 0 Å². The molecule has 1 aliphatic rings. The Kier molecular flexibility index (Phi) is 6.09. The zero-order valence-corrected chi connectivity index (χ0v) is 13.3. The van der Waals surface area contributed by atoms with Crippen molar-refractivity contribution >= 4 is 0 Å². The van der Waals surface area contributed by atoms with Gasteiger partial charge in [-0.05, 0) is 58.9 Å². The molecule has 1 saturated heterocycles. The molecule has 3 nitrogen and oxygen atoms in total. The van der Waals surface area contributed by atoms with Crippen LogP contribution >= 0.6 is 0 Å². The molecule has 0 saturated carbocycles. The van der Waals surface area contributed by atoms with Crippen LogP contribution in [0, 0.1) is 5.41 Å². The Labute approximate surface area is 114 Å². The number of hydrogen-bond acceptors (Lipinski definition) is 3. The maximum Gasteiger partial charge on any atom is 0.0217 e. The van der Waals surface area contributed by atoms with Gasteiger partial charge in [0.05, 0.1) is 0 Å². The highest BCUT2D eigenvalue weighted by atomic mass is 15.2. The summed E-state index contributed by atoms with van der Waals surface area (Å²) in [6, 6.07) is 1.36. The summed E-state index contributed by atoms with van der Waals surface area (Å²) in [4.78, 5) is 5.02. The predicted octanol–water partition coefficient (Wildman–Crippen LogP) is 2.04. The van der Waals surface area contributed by atoms with E-state index < -0.39 is 0 Å². The lowest BCUT2D eigenvalue weighted by atomic mass is 9.84. The average molecular weight is 255 g/mol. The molecule has 0 aromatic rings. The Morgan fingerprint density at radius 3 is 2.50 bits per heavy atom. The first kappa shape index (κ1) is 15.9. The molecular formula is C15H33N3. The van der Waals surface area contributed by atoms with Crippen molar-refractivity contribution in [2.45, 2.75) is 52.1 Å². The van der Waals surface area contributed by atoms with Crippen LogP contribution in [-0.2, 0) is 0 Å². The van der Waals surface area contributed by atoms with E-state index in [1.165, 1.54) is 38.9 Å². The van der Waals surface area contributed by atoms with E-state index in [1.54, 1.807) is 0 Å². The summed E-state index contributed by atoms with van der Waals surface area (Å²) in [6.07, 6.45) is 3.96. The average Bonchev–Trinajstić information content (AvgIpc) is 2.28. The highest BCUT2D eigenvalue weighted by Crippen LogP contribution is 2.22. The second-order valence-electron chi connectivity index (χ2n) is 7.06. The molecule has 18 heavy (non-hydrogen) atoms. The lowest BCUT2D eigenvalue weighted by Crippen LogP contribution is -2.47. The van der Waals surface area contributed by atoms with Gasteiger partial charge >= 0.3 is 0 Å².